The first kappa shape index (κ1) is 14.1. The molecule has 1 aromatic carbocycles. The van der Waals surface area contributed by atoms with Crippen LogP contribution in [0.5, 0.6) is 0 Å². The normalized spacial score (nSPS) is 16.2. The molecule has 0 atom stereocenters. The van der Waals surface area contributed by atoms with Gasteiger partial charge in [-0.1, -0.05) is 44.9 Å². The van der Waals surface area contributed by atoms with Gasteiger partial charge in [0.25, 0.3) is 0 Å². The molecule has 0 saturated heterocycles. The third-order valence-electron chi connectivity index (χ3n) is 3.95. The Morgan fingerprint density at radius 2 is 1.95 bits per heavy atom. The summed E-state index contributed by atoms with van der Waals surface area (Å²) in [6.07, 6.45) is 5.36. The minimum atomic E-state index is 0.676. The van der Waals surface area contributed by atoms with Gasteiger partial charge in [-0.2, -0.15) is 5.26 Å². The highest BCUT2D eigenvalue weighted by Gasteiger charge is 2.23. The number of rotatable bonds is 5. The number of hydrogen-bond acceptors (Lipinski definition) is 2. The van der Waals surface area contributed by atoms with Crippen LogP contribution in [0.1, 0.15) is 50.7 Å². The van der Waals surface area contributed by atoms with Gasteiger partial charge in [0.2, 0.25) is 0 Å². The van der Waals surface area contributed by atoms with Crippen LogP contribution in [0.3, 0.4) is 0 Å². The van der Waals surface area contributed by atoms with Gasteiger partial charge in [0, 0.05) is 19.1 Å². The largest absolute Gasteiger partial charge is 0.296 e. The van der Waals surface area contributed by atoms with Crippen LogP contribution < -0.4 is 0 Å². The lowest BCUT2D eigenvalue weighted by Gasteiger charge is -2.30. The third-order valence-corrected chi connectivity index (χ3v) is 3.95. The molecule has 0 bridgehead atoms. The zero-order chi connectivity index (χ0) is 13.7. The minimum absolute atomic E-state index is 0.676. The van der Waals surface area contributed by atoms with Crippen molar-refractivity contribution in [2.45, 2.75) is 52.1 Å². The first-order chi connectivity index (χ1) is 9.20. The molecule has 102 valence electrons. The van der Waals surface area contributed by atoms with Crippen LogP contribution in [0, 0.1) is 17.2 Å². The van der Waals surface area contributed by atoms with Crippen LogP contribution in [0.15, 0.2) is 24.3 Å². The van der Waals surface area contributed by atoms with Crippen LogP contribution in [0.4, 0.5) is 0 Å². The van der Waals surface area contributed by atoms with Gasteiger partial charge >= 0.3 is 0 Å². The molecular weight excluding hydrogens is 232 g/mol. The van der Waals surface area contributed by atoms with Gasteiger partial charge in [0.05, 0.1) is 11.6 Å². The molecular formula is C17H24N2. The molecule has 19 heavy (non-hydrogen) atoms. The fourth-order valence-electron chi connectivity index (χ4n) is 3.07. The fraction of sp³-hybridized carbons (Fsp3) is 0.588. The van der Waals surface area contributed by atoms with Crippen LogP contribution in [0.25, 0.3) is 0 Å². The van der Waals surface area contributed by atoms with E-state index in [4.69, 9.17) is 0 Å². The molecule has 2 nitrogen and oxygen atoms in total. The standard InChI is InChI=1S/C17H24N2/c1-14(2)12-19(17-9-5-6-10-17)13-16-8-4-3-7-15(16)11-18/h3-4,7-8,14,17H,5-6,9-10,12-13H2,1-2H3. The number of nitriles is 1. The summed E-state index contributed by atoms with van der Waals surface area (Å²) in [6.45, 7) is 6.60. The second-order valence-corrected chi connectivity index (χ2v) is 6.03. The summed E-state index contributed by atoms with van der Waals surface area (Å²) in [7, 11) is 0. The van der Waals surface area contributed by atoms with Gasteiger partial charge in [-0.3, -0.25) is 4.90 Å². The second-order valence-electron chi connectivity index (χ2n) is 6.03. The Bertz CT molecular complexity index is 439. The maximum absolute atomic E-state index is 9.21. The molecule has 2 rings (SSSR count). The van der Waals surface area contributed by atoms with E-state index in [9.17, 15) is 5.26 Å². The highest BCUT2D eigenvalue weighted by atomic mass is 15.2. The van der Waals surface area contributed by atoms with E-state index in [1.807, 2.05) is 18.2 Å². The van der Waals surface area contributed by atoms with Gasteiger partial charge in [-0.15, -0.1) is 0 Å². The van der Waals surface area contributed by atoms with Gasteiger partial charge in [-0.25, -0.2) is 0 Å². The summed E-state index contributed by atoms with van der Waals surface area (Å²) in [6, 6.07) is 11.1. The smallest absolute Gasteiger partial charge is 0.0995 e. The molecule has 0 amide bonds. The van der Waals surface area contributed by atoms with Crippen LogP contribution in [-0.2, 0) is 6.54 Å². The molecule has 1 saturated carbocycles. The fourth-order valence-corrected chi connectivity index (χ4v) is 3.07. The Hall–Kier alpha value is -1.33. The summed E-state index contributed by atoms with van der Waals surface area (Å²) < 4.78 is 0. The quantitative estimate of drug-likeness (QED) is 0.797. The van der Waals surface area contributed by atoms with Crippen LogP contribution in [-0.4, -0.2) is 17.5 Å². The molecule has 1 aliphatic rings. The number of benzene rings is 1. The third kappa shape index (κ3) is 3.81. The Kier molecular flexibility index (Phi) is 4.99. The molecule has 1 aliphatic carbocycles. The predicted octanol–water partition coefficient (Wildman–Crippen LogP) is 3.96. The number of hydrogen-bond donors (Lipinski definition) is 0. The summed E-state index contributed by atoms with van der Waals surface area (Å²) in [5.74, 6) is 0.676. The van der Waals surface area contributed by atoms with Crippen molar-refractivity contribution in [2.75, 3.05) is 6.54 Å². The monoisotopic (exact) mass is 256 g/mol. The van der Waals surface area contributed by atoms with Gasteiger partial charge in [0.1, 0.15) is 0 Å². The lowest BCUT2D eigenvalue weighted by Crippen LogP contribution is -2.35. The zero-order valence-corrected chi connectivity index (χ0v) is 12.1. The van der Waals surface area contributed by atoms with E-state index in [0.29, 0.717) is 12.0 Å². The van der Waals surface area contributed by atoms with E-state index in [-0.39, 0.29) is 0 Å². The Morgan fingerprint density at radius 1 is 1.26 bits per heavy atom. The van der Waals surface area contributed by atoms with E-state index in [1.165, 1.54) is 31.2 Å². The molecule has 0 aromatic heterocycles. The van der Waals surface area contributed by atoms with E-state index in [2.05, 4.69) is 30.9 Å². The lowest BCUT2D eigenvalue weighted by molar-refractivity contribution is 0.168. The van der Waals surface area contributed by atoms with E-state index in [1.54, 1.807) is 0 Å². The summed E-state index contributed by atoms with van der Waals surface area (Å²) in [4.78, 5) is 2.59. The van der Waals surface area contributed by atoms with Crippen molar-refractivity contribution in [1.29, 1.82) is 5.26 Å². The highest BCUT2D eigenvalue weighted by Crippen LogP contribution is 2.26. The topological polar surface area (TPSA) is 27.0 Å². The number of nitrogens with zero attached hydrogens (tertiary/aromatic N) is 2. The Labute approximate surface area is 117 Å². The zero-order valence-electron chi connectivity index (χ0n) is 12.1. The van der Waals surface area contributed by atoms with Crippen LogP contribution >= 0.6 is 0 Å². The summed E-state index contributed by atoms with van der Waals surface area (Å²) >= 11 is 0. The van der Waals surface area contributed by atoms with Gasteiger partial charge in [0.15, 0.2) is 0 Å². The lowest BCUT2D eigenvalue weighted by atomic mass is 10.0. The first-order valence-corrected chi connectivity index (χ1v) is 7.42. The van der Waals surface area contributed by atoms with Crippen LogP contribution in [0.2, 0.25) is 0 Å². The maximum Gasteiger partial charge on any atom is 0.0995 e. The molecule has 0 unspecified atom stereocenters. The van der Waals surface area contributed by atoms with Crippen molar-refractivity contribution in [3.8, 4) is 6.07 Å². The minimum Gasteiger partial charge on any atom is -0.296 e. The molecule has 0 aliphatic heterocycles. The molecule has 0 radical (unpaired) electrons. The summed E-state index contributed by atoms with van der Waals surface area (Å²) in [5.41, 5.74) is 2.01. The van der Waals surface area contributed by atoms with Crippen molar-refractivity contribution >= 4 is 0 Å². The van der Waals surface area contributed by atoms with Gasteiger partial charge < -0.3 is 0 Å². The summed E-state index contributed by atoms with van der Waals surface area (Å²) in [5, 5.41) is 9.21. The molecule has 0 heterocycles. The molecule has 1 aromatic rings. The van der Waals surface area contributed by atoms with Crippen molar-refractivity contribution in [2.24, 2.45) is 5.92 Å². The molecule has 0 spiro atoms. The van der Waals surface area contributed by atoms with E-state index >= 15 is 0 Å². The first-order valence-electron chi connectivity index (χ1n) is 7.42. The van der Waals surface area contributed by atoms with E-state index < -0.39 is 0 Å². The molecule has 0 N–H and O–H groups in total. The SMILES string of the molecule is CC(C)CN(Cc1ccccc1C#N)C1CCCC1. The highest BCUT2D eigenvalue weighted by molar-refractivity contribution is 5.37. The predicted molar refractivity (Wildman–Crippen MR) is 78.7 cm³/mol. The van der Waals surface area contributed by atoms with E-state index in [0.717, 1.165) is 18.7 Å². The van der Waals surface area contributed by atoms with Crippen molar-refractivity contribution < 1.29 is 0 Å². The van der Waals surface area contributed by atoms with Crippen molar-refractivity contribution in [3.63, 3.8) is 0 Å². The molecule has 1 fully saturated rings. The molecule has 2 heteroatoms. The Morgan fingerprint density at radius 3 is 2.58 bits per heavy atom. The maximum atomic E-state index is 9.21. The second kappa shape index (κ2) is 6.73. The average Bonchev–Trinajstić information content (AvgIpc) is 2.92. The van der Waals surface area contributed by atoms with Crippen molar-refractivity contribution in [3.05, 3.63) is 35.4 Å². The average molecular weight is 256 g/mol. The van der Waals surface area contributed by atoms with Gasteiger partial charge in [-0.05, 0) is 30.4 Å². The van der Waals surface area contributed by atoms with Crippen molar-refractivity contribution in [1.82, 2.24) is 4.90 Å². The Balaban J connectivity index is 2.12.